The molecule has 3 aromatic rings. The van der Waals surface area contributed by atoms with Crippen molar-refractivity contribution in [1.29, 1.82) is 0 Å². The summed E-state index contributed by atoms with van der Waals surface area (Å²) in [5, 5.41) is 24.0. The van der Waals surface area contributed by atoms with Crippen molar-refractivity contribution in [2.75, 3.05) is 5.32 Å². The molecule has 9 nitrogen and oxygen atoms in total. The number of nitrogens with two attached hydrogens (primary N) is 1. The Morgan fingerprint density at radius 2 is 1.78 bits per heavy atom. The minimum absolute atomic E-state index is 0.0119. The molecule has 0 aliphatic carbocycles. The lowest BCUT2D eigenvalue weighted by molar-refractivity contribution is -0.138. The first-order valence-corrected chi connectivity index (χ1v) is 11.1. The monoisotopic (exact) mass is 538 g/mol. The number of amides is 2. The number of aromatic nitrogens is 1. The van der Waals surface area contributed by atoms with Crippen molar-refractivity contribution >= 4 is 29.3 Å². The van der Waals surface area contributed by atoms with E-state index in [2.05, 4.69) is 10.6 Å². The van der Waals surface area contributed by atoms with Gasteiger partial charge < -0.3 is 31.1 Å². The summed E-state index contributed by atoms with van der Waals surface area (Å²) >= 11 is 6.01. The van der Waals surface area contributed by atoms with Crippen molar-refractivity contribution < 1.29 is 33.0 Å². The molecule has 0 unspecified atom stereocenters. The molecule has 0 aliphatic rings. The smallest absolute Gasteiger partial charge is 0.416 e. The fourth-order valence-electron chi connectivity index (χ4n) is 3.48. The average Bonchev–Trinajstić information content (AvgIpc) is 2.83. The summed E-state index contributed by atoms with van der Waals surface area (Å²) in [5.41, 5.74) is 4.36. The second kappa shape index (κ2) is 11.4. The number of rotatable bonds is 8. The lowest BCUT2D eigenvalue weighted by atomic mass is 10.0. The molecule has 2 amide bonds. The Labute approximate surface area is 213 Å². The third kappa shape index (κ3) is 7.02. The highest BCUT2D eigenvalue weighted by Gasteiger charge is 2.31. The maximum atomic E-state index is 13.1. The zero-order valence-electron chi connectivity index (χ0n) is 19.1. The fraction of sp³-hybridized carbons (Fsp3) is 0.208. The van der Waals surface area contributed by atoms with Crippen molar-refractivity contribution in [1.82, 2.24) is 9.88 Å². The number of benzene rings is 2. The standard InChI is InChI=1S/C24H22ClF3N4O5/c25-17-6-5-16(24(26,27)28)9-15(17)12-32-8-7-19(33)21(22(32)36)31-23(37)30-18(10-20(34)35)14-3-1-13(11-29)2-4-14/h1-9,18,33H,10-12,29H2,(H,34,35)(H2,30,31,37)/t18-/m0/s1. The van der Waals surface area contributed by atoms with Crippen LogP contribution in [0.2, 0.25) is 5.02 Å². The lowest BCUT2D eigenvalue weighted by Crippen LogP contribution is -2.36. The van der Waals surface area contributed by atoms with Gasteiger partial charge in [0.15, 0.2) is 5.69 Å². The number of pyridine rings is 1. The maximum absolute atomic E-state index is 13.1. The van der Waals surface area contributed by atoms with Crippen LogP contribution < -0.4 is 21.9 Å². The average molecular weight is 539 g/mol. The molecule has 196 valence electrons. The Morgan fingerprint density at radius 3 is 2.38 bits per heavy atom. The van der Waals surface area contributed by atoms with E-state index in [9.17, 15) is 37.8 Å². The molecule has 0 fully saturated rings. The molecule has 2 aromatic carbocycles. The summed E-state index contributed by atoms with van der Waals surface area (Å²) in [4.78, 5) is 36.9. The summed E-state index contributed by atoms with van der Waals surface area (Å²) in [6.45, 7) is -0.115. The Kier molecular flexibility index (Phi) is 8.46. The molecule has 1 atom stereocenters. The minimum Gasteiger partial charge on any atom is -0.505 e. The number of nitrogens with one attached hydrogen (secondary N) is 2. The highest BCUT2D eigenvalue weighted by atomic mass is 35.5. The van der Waals surface area contributed by atoms with Crippen molar-refractivity contribution in [3.63, 3.8) is 0 Å². The van der Waals surface area contributed by atoms with Gasteiger partial charge in [-0.05, 0) is 41.0 Å². The number of halogens is 4. The Morgan fingerprint density at radius 1 is 1.11 bits per heavy atom. The Bertz CT molecular complexity index is 1360. The van der Waals surface area contributed by atoms with Gasteiger partial charge in [0, 0.05) is 17.8 Å². The number of hydrogen-bond donors (Lipinski definition) is 5. The second-order valence-electron chi connectivity index (χ2n) is 8.01. The summed E-state index contributed by atoms with van der Waals surface area (Å²) in [7, 11) is 0. The fourth-order valence-corrected chi connectivity index (χ4v) is 3.66. The lowest BCUT2D eigenvalue weighted by Gasteiger charge is -2.19. The van der Waals surface area contributed by atoms with E-state index in [0.29, 0.717) is 5.56 Å². The van der Waals surface area contributed by atoms with E-state index in [4.69, 9.17) is 17.3 Å². The van der Waals surface area contributed by atoms with Crippen molar-refractivity contribution in [2.45, 2.75) is 31.7 Å². The number of nitrogens with zero attached hydrogens (tertiary/aromatic N) is 1. The number of urea groups is 1. The van der Waals surface area contributed by atoms with E-state index < -0.39 is 53.2 Å². The first kappa shape index (κ1) is 27.6. The zero-order chi connectivity index (χ0) is 27.3. The molecule has 1 aromatic heterocycles. The van der Waals surface area contributed by atoms with Gasteiger partial charge in [0.2, 0.25) is 0 Å². The van der Waals surface area contributed by atoms with Gasteiger partial charge in [-0.25, -0.2) is 4.79 Å². The largest absolute Gasteiger partial charge is 0.505 e. The van der Waals surface area contributed by atoms with Crippen LogP contribution in [0.1, 0.15) is 34.7 Å². The van der Waals surface area contributed by atoms with E-state index in [1.807, 2.05) is 0 Å². The number of carboxylic acids is 1. The molecule has 0 radical (unpaired) electrons. The Balaban J connectivity index is 1.84. The highest BCUT2D eigenvalue weighted by Crippen LogP contribution is 2.32. The van der Waals surface area contributed by atoms with E-state index in [0.717, 1.165) is 40.6 Å². The predicted molar refractivity (Wildman–Crippen MR) is 129 cm³/mol. The van der Waals surface area contributed by atoms with Crippen LogP contribution >= 0.6 is 11.6 Å². The van der Waals surface area contributed by atoms with E-state index in [1.165, 1.54) is 0 Å². The van der Waals surface area contributed by atoms with E-state index >= 15 is 0 Å². The number of hydrogen-bond acceptors (Lipinski definition) is 5. The van der Waals surface area contributed by atoms with Gasteiger partial charge in [-0.15, -0.1) is 0 Å². The normalized spacial score (nSPS) is 12.1. The third-order valence-corrected chi connectivity index (χ3v) is 5.77. The number of carboxylic acid groups (broad SMARTS) is 1. The van der Waals surface area contributed by atoms with Crippen LogP contribution in [0.4, 0.5) is 23.7 Å². The molecule has 0 spiro atoms. The first-order chi connectivity index (χ1) is 17.4. The van der Waals surface area contributed by atoms with Crippen LogP contribution in [0.5, 0.6) is 5.75 Å². The molecule has 0 saturated heterocycles. The number of carbonyl (C=O) groups is 2. The van der Waals surface area contributed by atoms with Gasteiger partial charge in [0.05, 0.1) is 24.6 Å². The molecular formula is C24H22ClF3N4O5. The van der Waals surface area contributed by atoms with Crippen molar-refractivity contribution in [3.05, 3.63) is 92.4 Å². The van der Waals surface area contributed by atoms with E-state index in [-0.39, 0.29) is 23.7 Å². The molecule has 37 heavy (non-hydrogen) atoms. The summed E-state index contributed by atoms with van der Waals surface area (Å²) in [6.07, 6.45) is -3.97. The van der Waals surface area contributed by atoms with Crippen LogP contribution in [0, 0.1) is 0 Å². The van der Waals surface area contributed by atoms with E-state index in [1.54, 1.807) is 24.3 Å². The molecule has 6 N–H and O–H groups in total. The molecule has 0 aliphatic heterocycles. The number of anilines is 1. The van der Waals surface area contributed by atoms with Gasteiger partial charge in [-0.2, -0.15) is 13.2 Å². The third-order valence-electron chi connectivity index (χ3n) is 5.40. The van der Waals surface area contributed by atoms with Gasteiger partial charge in [0.1, 0.15) is 5.75 Å². The zero-order valence-corrected chi connectivity index (χ0v) is 19.8. The molecule has 13 heteroatoms. The van der Waals surface area contributed by atoms with Crippen LogP contribution in [0.3, 0.4) is 0 Å². The van der Waals surface area contributed by atoms with Crippen LogP contribution in [-0.2, 0) is 24.1 Å². The van der Waals surface area contributed by atoms with Gasteiger partial charge in [0.25, 0.3) is 5.56 Å². The first-order valence-electron chi connectivity index (χ1n) is 10.7. The molecule has 0 bridgehead atoms. The maximum Gasteiger partial charge on any atom is 0.416 e. The highest BCUT2D eigenvalue weighted by molar-refractivity contribution is 6.31. The number of carbonyl (C=O) groups excluding carboxylic acids is 1. The molecular weight excluding hydrogens is 517 g/mol. The minimum atomic E-state index is -4.62. The van der Waals surface area contributed by atoms with Crippen molar-refractivity contribution in [2.24, 2.45) is 5.73 Å². The van der Waals surface area contributed by atoms with Gasteiger partial charge >= 0.3 is 18.2 Å². The number of alkyl halides is 3. The predicted octanol–water partition coefficient (Wildman–Crippen LogP) is 4.07. The Hall–Kier alpha value is -4.03. The summed E-state index contributed by atoms with van der Waals surface area (Å²) < 4.78 is 40.2. The summed E-state index contributed by atoms with van der Waals surface area (Å²) in [5.74, 6) is -1.80. The van der Waals surface area contributed by atoms with Crippen molar-refractivity contribution in [3.8, 4) is 5.75 Å². The SMILES string of the molecule is NCc1ccc([C@H](CC(=O)O)NC(=O)Nc2c(O)ccn(Cc3cc(C(F)(F)F)ccc3Cl)c2=O)cc1. The van der Waals surface area contributed by atoms with Crippen LogP contribution in [0.25, 0.3) is 0 Å². The van der Waals surface area contributed by atoms with Crippen LogP contribution in [0.15, 0.2) is 59.5 Å². The van der Waals surface area contributed by atoms with Gasteiger partial charge in [-0.3, -0.25) is 9.59 Å². The van der Waals surface area contributed by atoms with Crippen LogP contribution in [-0.4, -0.2) is 26.8 Å². The molecule has 3 rings (SSSR count). The second-order valence-corrected chi connectivity index (χ2v) is 8.41. The molecule has 0 saturated carbocycles. The molecule has 1 heterocycles. The summed E-state index contributed by atoms with van der Waals surface area (Å²) in [6, 6.07) is 8.29. The quantitative estimate of drug-likeness (QED) is 0.292. The number of aliphatic carboxylic acids is 1. The number of aromatic hydroxyl groups is 1. The topological polar surface area (TPSA) is 147 Å². The van der Waals surface area contributed by atoms with Gasteiger partial charge in [-0.1, -0.05) is 35.9 Å².